The fraction of sp³-hybridized carbons (Fsp3) is 0.273. The smallest absolute Gasteiger partial charge is 0.147 e. The van der Waals surface area contributed by atoms with Crippen molar-refractivity contribution in [3.8, 4) is 16.7 Å². The lowest BCUT2D eigenvalue weighted by Gasteiger charge is -1.94. The predicted octanol–water partition coefficient (Wildman–Crippen LogP) is 2.73. The SMILES string of the molecule is COCc1nsc(-c2ccc(C)o2)c1C#N. The monoisotopic (exact) mass is 234 g/mol. The third kappa shape index (κ3) is 1.85. The summed E-state index contributed by atoms with van der Waals surface area (Å²) < 4.78 is 14.7. The van der Waals surface area contributed by atoms with Gasteiger partial charge in [-0.1, -0.05) is 0 Å². The van der Waals surface area contributed by atoms with Crippen molar-refractivity contribution >= 4 is 11.5 Å². The minimum Gasteiger partial charge on any atom is -0.460 e. The van der Waals surface area contributed by atoms with E-state index in [1.807, 2.05) is 19.1 Å². The lowest BCUT2D eigenvalue weighted by Crippen LogP contribution is -1.90. The molecule has 2 rings (SSSR count). The number of hydrogen-bond donors (Lipinski definition) is 0. The second-order valence-corrected chi connectivity index (χ2v) is 4.06. The van der Waals surface area contributed by atoms with Crippen molar-refractivity contribution in [1.29, 1.82) is 5.26 Å². The van der Waals surface area contributed by atoms with Crippen molar-refractivity contribution in [1.82, 2.24) is 4.37 Å². The normalized spacial score (nSPS) is 10.3. The molecule has 0 aliphatic rings. The van der Waals surface area contributed by atoms with Gasteiger partial charge in [-0.25, -0.2) is 0 Å². The van der Waals surface area contributed by atoms with E-state index in [0.29, 0.717) is 23.6 Å². The van der Waals surface area contributed by atoms with Crippen LogP contribution in [0.1, 0.15) is 17.0 Å². The van der Waals surface area contributed by atoms with Crippen LogP contribution in [0.15, 0.2) is 16.5 Å². The van der Waals surface area contributed by atoms with Gasteiger partial charge in [0.05, 0.1) is 17.9 Å². The first-order valence-corrected chi connectivity index (χ1v) is 5.48. The Bertz CT molecular complexity index is 536. The van der Waals surface area contributed by atoms with Gasteiger partial charge < -0.3 is 9.15 Å². The molecule has 0 bridgehead atoms. The molecule has 0 saturated carbocycles. The largest absolute Gasteiger partial charge is 0.460 e. The van der Waals surface area contributed by atoms with Crippen LogP contribution in [-0.4, -0.2) is 11.5 Å². The molecule has 0 fully saturated rings. The number of methoxy groups -OCH3 is 1. The Kier molecular flexibility index (Phi) is 3.04. The van der Waals surface area contributed by atoms with E-state index in [1.165, 1.54) is 11.5 Å². The van der Waals surface area contributed by atoms with Crippen molar-refractivity contribution in [2.45, 2.75) is 13.5 Å². The van der Waals surface area contributed by atoms with E-state index in [-0.39, 0.29) is 0 Å². The zero-order valence-electron chi connectivity index (χ0n) is 8.98. The van der Waals surface area contributed by atoms with Crippen LogP contribution >= 0.6 is 11.5 Å². The number of ether oxygens (including phenoxy) is 1. The van der Waals surface area contributed by atoms with Crippen LogP contribution in [0.3, 0.4) is 0 Å². The van der Waals surface area contributed by atoms with E-state index in [4.69, 9.17) is 14.4 Å². The first-order valence-electron chi connectivity index (χ1n) is 4.70. The molecular weight excluding hydrogens is 224 g/mol. The standard InChI is InChI=1S/C11H10N2O2S/c1-7-3-4-10(15-7)11-8(5-12)9(6-14-2)13-16-11/h3-4H,6H2,1-2H3. The molecule has 0 atom stereocenters. The minimum atomic E-state index is 0.346. The van der Waals surface area contributed by atoms with Gasteiger partial charge in [-0.05, 0) is 30.6 Å². The molecule has 4 nitrogen and oxygen atoms in total. The van der Waals surface area contributed by atoms with Gasteiger partial charge in [0, 0.05) is 7.11 Å². The highest BCUT2D eigenvalue weighted by atomic mass is 32.1. The van der Waals surface area contributed by atoms with E-state index in [2.05, 4.69) is 10.4 Å². The highest BCUT2D eigenvalue weighted by Gasteiger charge is 2.17. The van der Waals surface area contributed by atoms with Gasteiger partial charge in [0.15, 0.2) is 0 Å². The molecule has 2 aromatic rings. The summed E-state index contributed by atoms with van der Waals surface area (Å²) in [4.78, 5) is 0.766. The third-order valence-corrected chi connectivity index (χ3v) is 3.02. The van der Waals surface area contributed by atoms with Crippen molar-refractivity contribution in [3.05, 3.63) is 29.2 Å². The second-order valence-electron chi connectivity index (χ2n) is 3.29. The van der Waals surface area contributed by atoms with Crippen LogP contribution in [0.25, 0.3) is 10.6 Å². The number of nitriles is 1. The predicted molar refractivity (Wildman–Crippen MR) is 60.0 cm³/mol. The van der Waals surface area contributed by atoms with Gasteiger partial charge in [-0.15, -0.1) is 0 Å². The Hall–Kier alpha value is -1.64. The number of furan rings is 1. The molecule has 0 amide bonds. The highest BCUT2D eigenvalue weighted by Crippen LogP contribution is 2.31. The Labute approximate surface area is 97.2 Å². The summed E-state index contributed by atoms with van der Waals surface area (Å²) >= 11 is 1.26. The molecule has 0 aliphatic carbocycles. The first-order chi connectivity index (χ1) is 7.76. The molecule has 5 heteroatoms. The number of aromatic nitrogens is 1. The van der Waals surface area contributed by atoms with Gasteiger partial charge in [0.2, 0.25) is 0 Å². The summed E-state index contributed by atoms with van der Waals surface area (Å²) in [6.45, 7) is 2.21. The molecule has 2 heterocycles. The molecular formula is C11H10N2O2S. The molecule has 0 spiro atoms. The molecule has 0 N–H and O–H groups in total. The summed E-state index contributed by atoms with van der Waals surface area (Å²) in [7, 11) is 1.58. The molecule has 82 valence electrons. The third-order valence-electron chi connectivity index (χ3n) is 2.12. The molecule has 0 unspecified atom stereocenters. The molecule has 0 radical (unpaired) electrons. The van der Waals surface area contributed by atoms with Crippen molar-refractivity contribution in [2.75, 3.05) is 7.11 Å². The molecule has 0 aromatic carbocycles. The van der Waals surface area contributed by atoms with E-state index in [0.717, 1.165) is 10.6 Å². The van der Waals surface area contributed by atoms with Gasteiger partial charge in [0.25, 0.3) is 0 Å². The summed E-state index contributed by atoms with van der Waals surface area (Å²) in [5.74, 6) is 1.51. The van der Waals surface area contributed by atoms with E-state index in [1.54, 1.807) is 7.11 Å². The maximum Gasteiger partial charge on any atom is 0.147 e. The average Bonchev–Trinajstić information content (AvgIpc) is 2.85. The molecule has 0 aliphatic heterocycles. The van der Waals surface area contributed by atoms with Gasteiger partial charge in [0.1, 0.15) is 22.5 Å². The Morgan fingerprint density at radius 3 is 2.94 bits per heavy atom. The van der Waals surface area contributed by atoms with Crippen molar-refractivity contribution < 1.29 is 9.15 Å². The number of aryl methyl sites for hydroxylation is 1. The van der Waals surface area contributed by atoms with E-state index < -0.39 is 0 Å². The van der Waals surface area contributed by atoms with Crippen LogP contribution in [0, 0.1) is 18.3 Å². The lowest BCUT2D eigenvalue weighted by atomic mass is 10.2. The fourth-order valence-electron chi connectivity index (χ4n) is 1.40. The molecule has 16 heavy (non-hydrogen) atoms. The zero-order chi connectivity index (χ0) is 11.5. The highest BCUT2D eigenvalue weighted by molar-refractivity contribution is 7.09. The summed E-state index contributed by atoms with van der Waals surface area (Å²) in [5.41, 5.74) is 1.21. The maximum absolute atomic E-state index is 9.10. The van der Waals surface area contributed by atoms with Gasteiger partial charge in [-0.2, -0.15) is 9.64 Å². The van der Waals surface area contributed by atoms with Crippen molar-refractivity contribution in [3.63, 3.8) is 0 Å². The number of rotatable bonds is 3. The van der Waals surface area contributed by atoms with Crippen LogP contribution < -0.4 is 0 Å². The van der Waals surface area contributed by atoms with E-state index >= 15 is 0 Å². The Morgan fingerprint density at radius 2 is 2.38 bits per heavy atom. The van der Waals surface area contributed by atoms with Crippen LogP contribution in [0.2, 0.25) is 0 Å². The topological polar surface area (TPSA) is 59.1 Å². The molecule has 0 saturated heterocycles. The average molecular weight is 234 g/mol. The van der Waals surface area contributed by atoms with Crippen molar-refractivity contribution in [2.24, 2.45) is 0 Å². The number of nitrogens with zero attached hydrogens (tertiary/aromatic N) is 2. The van der Waals surface area contributed by atoms with E-state index in [9.17, 15) is 0 Å². The van der Waals surface area contributed by atoms with Gasteiger partial charge >= 0.3 is 0 Å². The fourth-order valence-corrected chi connectivity index (χ4v) is 2.20. The summed E-state index contributed by atoms with van der Waals surface area (Å²) in [5, 5.41) is 9.10. The minimum absolute atomic E-state index is 0.346. The quantitative estimate of drug-likeness (QED) is 0.819. The first kappa shape index (κ1) is 10.9. The van der Waals surface area contributed by atoms with Crippen LogP contribution in [0.5, 0.6) is 0 Å². The molecule has 2 aromatic heterocycles. The number of hydrogen-bond acceptors (Lipinski definition) is 5. The van der Waals surface area contributed by atoms with Crippen LogP contribution in [-0.2, 0) is 11.3 Å². The summed E-state index contributed by atoms with van der Waals surface area (Å²) in [6, 6.07) is 5.86. The summed E-state index contributed by atoms with van der Waals surface area (Å²) in [6.07, 6.45) is 0. The zero-order valence-corrected chi connectivity index (χ0v) is 9.80. The second kappa shape index (κ2) is 4.47. The van der Waals surface area contributed by atoms with Crippen LogP contribution in [0.4, 0.5) is 0 Å². The maximum atomic E-state index is 9.10. The Balaban J connectivity index is 2.46. The van der Waals surface area contributed by atoms with Gasteiger partial charge in [-0.3, -0.25) is 0 Å². The lowest BCUT2D eigenvalue weighted by molar-refractivity contribution is 0.182. The Morgan fingerprint density at radius 1 is 1.56 bits per heavy atom.